The van der Waals surface area contributed by atoms with Gasteiger partial charge in [-0.25, -0.2) is 9.78 Å². The summed E-state index contributed by atoms with van der Waals surface area (Å²) in [6.45, 7) is 1.67. The van der Waals surface area contributed by atoms with Crippen LogP contribution in [0.5, 0.6) is 0 Å². The molecule has 0 atom stereocenters. The summed E-state index contributed by atoms with van der Waals surface area (Å²) >= 11 is 8.78. The SMILES string of the molecule is Cc1c(C(=O)O)cnc(Cl)c1Br. The van der Waals surface area contributed by atoms with E-state index >= 15 is 0 Å². The van der Waals surface area contributed by atoms with Crippen LogP contribution in [0, 0.1) is 6.92 Å². The molecule has 0 bridgehead atoms. The Morgan fingerprint density at radius 1 is 1.75 bits per heavy atom. The second kappa shape index (κ2) is 3.41. The van der Waals surface area contributed by atoms with Crippen molar-refractivity contribution >= 4 is 33.5 Å². The lowest BCUT2D eigenvalue weighted by atomic mass is 10.2. The number of aromatic carboxylic acids is 1. The number of pyridine rings is 1. The van der Waals surface area contributed by atoms with Gasteiger partial charge in [0.05, 0.1) is 10.0 Å². The summed E-state index contributed by atoms with van der Waals surface area (Å²) in [5.74, 6) is -1.00. The van der Waals surface area contributed by atoms with Crippen molar-refractivity contribution in [2.45, 2.75) is 6.92 Å². The Hall–Kier alpha value is -0.610. The lowest BCUT2D eigenvalue weighted by Gasteiger charge is -2.02. The predicted octanol–water partition coefficient (Wildman–Crippen LogP) is 2.50. The molecule has 12 heavy (non-hydrogen) atoms. The summed E-state index contributed by atoms with van der Waals surface area (Å²) in [7, 11) is 0. The summed E-state index contributed by atoms with van der Waals surface area (Å²) < 4.78 is 0.532. The van der Waals surface area contributed by atoms with Gasteiger partial charge in [-0.15, -0.1) is 0 Å². The molecule has 64 valence electrons. The molecule has 0 unspecified atom stereocenters. The van der Waals surface area contributed by atoms with Crippen molar-refractivity contribution in [2.75, 3.05) is 0 Å². The smallest absolute Gasteiger partial charge is 0.337 e. The highest BCUT2D eigenvalue weighted by atomic mass is 79.9. The first-order valence-electron chi connectivity index (χ1n) is 3.08. The van der Waals surface area contributed by atoms with Crippen LogP contribution in [0.4, 0.5) is 0 Å². The van der Waals surface area contributed by atoms with Crippen LogP contribution >= 0.6 is 27.5 Å². The minimum absolute atomic E-state index is 0.159. The summed E-state index contributed by atoms with van der Waals surface area (Å²) in [5, 5.41) is 8.95. The maximum absolute atomic E-state index is 10.6. The number of halogens is 2. The Morgan fingerprint density at radius 2 is 2.33 bits per heavy atom. The highest BCUT2D eigenvalue weighted by Crippen LogP contribution is 2.25. The Balaban J connectivity index is 3.36. The van der Waals surface area contributed by atoms with Gasteiger partial charge in [0.15, 0.2) is 0 Å². The Morgan fingerprint density at radius 3 is 2.83 bits per heavy atom. The molecule has 1 aromatic heterocycles. The number of carboxylic acid groups (broad SMARTS) is 1. The van der Waals surface area contributed by atoms with Crippen LogP contribution in [0.3, 0.4) is 0 Å². The van der Waals surface area contributed by atoms with E-state index in [9.17, 15) is 4.79 Å². The molecular formula is C7H5BrClNO2. The first-order chi connectivity index (χ1) is 5.54. The van der Waals surface area contributed by atoms with Crippen molar-refractivity contribution in [3.8, 4) is 0 Å². The molecule has 5 heteroatoms. The maximum Gasteiger partial charge on any atom is 0.337 e. The number of nitrogens with zero attached hydrogens (tertiary/aromatic N) is 1. The fraction of sp³-hybridized carbons (Fsp3) is 0.143. The zero-order valence-corrected chi connectivity index (χ0v) is 8.48. The molecule has 1 N–H and O–H groups in total. The van der Waals surface area contributed by atoms with E-state index < -0.39 is 5.97 Å². The van der Waals surface area contributed by atoms with Gasteiger partial charge >= 0.3 is 5.97 Å². The quantitative estimate of drug-likeness (QED) is 0.779. The third-order valence-electron chi connectivity index (χ3n) is 1.45. The minimum Gasteiger partial charge on any atom is -0.478 e. The molecule has 0 aliphatic carbocycles. The van der Waals surface area contributed by atoms with Crippen LogP contribution in [0.2, 0.25) is 5.15 Å². The molecule has 0 saturated heterocycles. The van der Waals surface area contributed by atoms with Gasteiger partial charge in [0.25, 0.3) is 0 Å². The lowest BCUT2D eigenvalue weighted by Crippen LogP contribution is -2.01. The molecule has 1 heterocycles. The Labute approximate surface area is 82.5 Å². The third-order valence-corrected chi connectivity index (χ3v) is 2.94. The van der Waals surface area contributed by atoms with E-state index in [4.69, 9.17) is 16.7 Å². The molecular weight excluding hydrogens is 245 g/mol. The molecule has 0 spiro atoms. The molecule has 0 aliphatic rings. The minimum atomic E-state index is -1.00. The molecule has 1 aromatic rings. The number of carbonyl (C=O) groups is 1. The second-order valence-electron chi connectivity index (χ2n) is 2.21. The second-order valence-corrected chi connectivity index (χ2v) is 3.36. The number of carboxylic acids is 1. The fourth-order valence-electron chi connectivity index (χ4n) is 0.763. The molecule has 0 radical (unpaired) electrons. The number of aromatic nitrogens is 1. The van der Waals surface area contributed by atoms with E-state index in [1.807, 2.05) is 0 Å². The molecule has 0 aliphatic heterocycles. The van der Waals surface area contributed by atoms with Gasteiger partial charge in [0.2, 0.25) is 0 Å². The van der Waals surface area contributed by atoms with Crippen molar-refractivity contribution in [1.82, 2.24) is 4.98 Å². The van der Waals surface area contributed by atoms with Crippen LogP contribution in [0.25, 0.3) is 0 Å². The fourth-order valence-corrected chi connectivity index (χ4v) is 1.27. The summed E-state index contributed by atoms with van der Waals surface area (Å²) in [4.78, 5) is 14.3. The summed E-state index contributed by atoms with van der Waals surface area (Å²) in [6.07, 6.45) is 1.24. The van der Waals surface area contributed by atoms with Crippen LogP contribution < -0.4 is 0 Å². The van der Waals surface area contributed by atoms with Crippen molar-refractivity contribution in [3.05, 3.63) is 26.9 Å². The molecule has 0 saturated carbocycles. The van der Waals surface area contributed by atoms with Crippen molar-refractivity contribution in [1.29, 1.82) is 0 Å². The molecule has 1 rings (SSSR count). The van der Waals surface area contributed by atoms with E-state index in [0.29, 0.717) is 10.0 Å². The average Bonchev–Trinajstić information content (AvgIpc) is 2.00. The lowest BCUT2D eigenvalue weighted by molar-refractivity contribution is 0.0695. The van der Waals surface area contributed by atoms with Gasteiger partial charge < -0.3 is 5.11 Å². The largest absolute Gasteiger partial charge is 0.478 e. The zero-order chi connectivity index (χ0) is 9.30. The van der Waals surface area contributed by atoms with E-state index in [1.165, 1.54) is 6.20 Å². The maximum atomic E-state index is 10.6. The standard InChI is InChI=1S/C7H5BrClNO2/c1-3-4(7(11)12)2-10-6(9)5(3)8/h2H,1H3,(H,11,12). The van der Waals surface area contributed by atoms with Gasteiger partial charge in [-0.3, -0.25) is 0 Å². The average molecular weight is 250 g/mol. The number of rotatable bonds is 1. The van der Waals surface area contributed by atoms with Crippen LogP contribution in [0.15, 0.2) is 10.7 Å². The van der Waals surface area contributed by atoms with Crippen molar-refractivity contribution in [3.63, 3.8) is 0 Å². The van der Waals surface area contributed by atoms with E-state index in [1.54, 1.807) is 6.92 Å². The van der Waals surface area contributed by atoms with E-state index in [0.717, 1.165) is 0 Å². The van der Waals surface area contributed by atoms with Crippen LogP contribution in [-0.2, 0) is 0 Å². The highest BCUT2D eigenvalue weighted by molar-refractivity contribution is 9.10. The molecule has 0 fully saturated rings. The Bertz CT molecular complexity index is 340. The summed E-state index contributed by atoms with van der Waals surface area (Å²) in [5.41, 5.74) is 0.744. The topological polar surface area (TPSA) is 50.2 Å². The van der Waals surface area contributed by atoms with Gasteiger partial charge in [-0.05, 0) is 28.4 Å². The normalized spacial score (nSPS) is 9.92. The summed E-state index contributed by atoms with van der Waals surface area (Å²) in [6, 6.07) is 0. The van der Waals surface area contributed by atoms with Crippen LogP contribution in [-0.4, -0.2) is 16.1 Å². The van der Waals surface area contributed by atoms with Gasteiger partial charge in [-0.2, -0.15) is 0 Å². The van der Waals surface area contributed by atoms with Crippen molar-refractivity contribution < 1.29 is 9.90 Å². The first kappa shape index (κ1) is 9.48. The monoisotopic (exact) mass is 249 g/mol. The number of hydrogen-bond acceptors (Lipinski definition) is 2. The molecule has 0 aromatic carbocycles. The van der Waals surface area contributed by atoms with Gasteiger partial charge in [0, 0.05) is 6.20 Å². The first-order valence-corrected chi connectivity index (χ1v) is 4.25. The van der Waals surface area contributed by atoms with Crippen molar-refractivity contribution in [2.24, 2.45) is 0 Å². The molecule has 3 nitrogen and oxygen atoms in total. The Kier molecular flexibility index (Phi) is 2.69. The van der Waals surface area contributed by atoms with Gasteiger partial charge in [-0.1, -0.05) is 11.6 Å². The van der Waals surface area contributed by atoms with Gasteiger partial charge in [0.1, 0.15) is 5.15 Å². The van der Waals surface area contributed by atoms with E-state index in [-0.39, 0.29) is 10.7 Å². The van der Waals surface area contributed by atoms with Crippen LogP contribution in [0.1, 0.15) is 15.9 Å². The van der Waals surface area contributed by atoms with E-state index in [2.05, 4.69) is 20.9 Å². The predicted molar refractivity (Wildman–Crippen MR) is 48.6 cm³/mol. The highest BCUT2D eigenvalue weighted by Gasteiger charge is 2.12. The number of hydrogen-bond donors (Lipinski definition) is 1. The third kappa shape index (κ3) is 1.59. The zero-order valence-electron chi connectivity index (χ0n) is 6.14. The molecule has 0 amide bonds.